The van der Waals surface area contributed by atoms with Gasteiger partial charge in [0.05, 0.1) is 40.0 Å². The molecule has 0 aromatic rings. The van der Waals surface area contributed by atoms with Crippen molar-refractivity contribution in [2.45, 2.75) is 89.9 Å². The summed E-state index contributed by atoms with van der Waals surface area (Å²) in [5.74, 6) is -1.99. The molecule has 1 rings (SSSR count). The van der Waals surface area contributed by atoms with Gasteiger partial charge in [0.15, 0.2) is 6.10 Å². The molecule has 12 nitrogen and oxygen atoms in total. The summed E-state index contributed by atoms with van der Waals surface area (Å²) in [6.45, 7) is 2.69. The fraction of sp³-hybridized carbons (Fsp3) is 0.767. The van der Waals surface area contributed by atoms with Crippen LogP contribution in [0.3, 0.4) is 0 Å². The second kappa shape index (κ2) is 20.2. The SMILES string of the molecule is CCCCC[C@H](O)/C=C/[C@H]1C(=O)C[C@H](O)[C@@H]1C/C=C\CCCC(=O)O[C@H](COC(C)=O)COP(=O)([O-])OCC[N+](C)(C)C. The lowest BCUT2D eigenvalue weighted by molar-refractivity contribution is -0.870. The summed E-state index contributed by atoms with van der Waals surface area (Å²) in [5, 5.41) is 20.5. The van der Waals surface area contributed by atoms with Gasteiger partial charge in [0, 0.05) is 31.6 Å². The number of unbranched alkanes of at least 4 members (excludes halogenated alkanes) is 3. The van der Waals surface area contributed by atoms with Gasteiger partial charge >= 0.3 is 11.9 Å². The number of allylic oxidation sites excluding steroid dienone is 3. The first-order valence-corrected chi connectivity index (χ1v) is 16.5. The number of aliphatic hydroxyl groups excluding tert-OH is 2. The highest BCUT2D eigenvalue weighted by atomic mass is 31.2. The van der Waals surface area contributed by atoms with Crippen molar-refractivity contribution < 1.29 is 57.1 Å². The molecule has 0 saturated heterocycles. The Morgan fingerprint density at radius 1 is 1.14 bits per heavy atom. The predicted molar refractivity (Wildman–Crippen MR) is 158 cm³/mol. The molecular weight excluding hydrogens is 581 g/mol. The van der Waals surface area contributed by atoms with Gasteiger partial charge in [0.1, 0.15) is 25.5 Å². The second-order valence-corrected chi connectivity index (χ2v) is 13.4. The minimum Gasteiger partial charge on any atom is -0.756 e. The van der Waals surface area contributed by atoms with Crippen LogP contribution in [0.2, 0.25) is 0 Å². The summed E-state index contributed by atoms with van der Waals surface area (Å²) in [5.41, 5.74) is 0. The molecule has 0 aromatic carbocycles. The van der Waals surface area contributed by atoms with Crippen LogP contribution in [0, 0.1) is 11.8 Å². The van der Waals surface area contributed by atoms with Crippen LogP contribution in [-0.2, 0) is 37.5 Å². The average molecular weight is 634 g/mol. The van der Waals surface area contributed by atoms with E-state index in [1.807, 2.05) is 33.3 Å². The number of carbonyl (C=O) groups is 3. The van der Waals surface area contributed by atoms with Crippen molar-refractivity contribution in [2.24, 2.45) is 11.8 Å². The Hall–Kier alpha value is -1.92. The number of rotatable bonds is 22. The molecule has 13 heteroatoms. The number of carbonyl (C=O) groups excluding carboxylic acids is 3. The largest absolute Gasteiger partial charge is 0.756 e. The van der Waals surface area contributed by atoms with Gasteiger partial charge in [-0.15, -0.1) is 0 Å². The van der Waals surface area contributed by atoms with Crippen molar-refractivity contribution in [2.75, 3.05) is 47.5 Å². The lowest BCUT2D eigenvalue weighted by Crippen LogP contribution is -2.37. The quantitative estimate of drug-likeness (QED) is 0.0591. The number of phosphoric acid groups is 1. The summed E-state index contributed by atoms with van der Waals surface area (Å²) in [6, 6.07) is 0. The van der Waals surface area contributed by atoms with Gasteiger partial charge in [-0.25, -0.2) is 0 Å². The summed E-state index contributed by atoms with van der Waals surface area (Å²) in [4.78, 5) is 48.0. The standard InChI is InChI=1S/C30H52NO11P/c1-6-7-10-13-24(33)16-17-27-26(28(34)20-29(27)35)14-11-8-9-12-15-30(36)42-25(21-39-23(2)32)22-41-43(37,38)40-19-18-31(3,4)5/h8,11,16-17,24-28,33-34H,6-7,9-10,12-15,18-22H2,1-5H3/b11-8-,17-16+/t24-,25+,26+,27+,28-/m0/s1. The van der Waals surface area contributed by atoms with E-state index < -0.39 is 50.6 Å². The molecule has 248 valence electrons. The van der Waals surface area contributed by atoms with Gasteiger partial charge in [-0.05, 0) is 25.7 Å². The molecule has 0 heterocycles. The molecule has 1 saturated carbocycles. The van der Waals surface area contributed by atoms with Crippen molar-refractivity contribution in [3.8, 4) is 0 Å². The van der Waals surface area contributed by atoms with Crippen LogP contribution < -0.4 is 4.89 Å². The zero-order valence-electron chi connectivity index (χ0n) is 26.4. The highest BCUT2D eigenvalue weighted by Crippen LogP contribution is 2.38. The van der Waals surface area contributed by atoms with Gasteiger partial charge in [-0.2, -0.15) is 0 Å². The van der Waals surface area contributed by atoms with Crippen LogP contribution in [0.25, 0.3) is 0 Å². The molecule has 1 unspecified atom stereocenters. The summed E-state index contributed by atoms with van der Waals surface area (Å²) in [7, 11) is 0.986. The van der Waals surface area contributed by atoms with Crippen LogP contribution in [-0.4, -0.2) is 98.2 Å². The van der Waals surface area contributed by atoms with Gasteiger partial charge < -0.3 is 38.1 Å². The van der Waals surface area contributed by atoms with Crippen molar-refractivity contribution in [1.29, 1.82) is 0 Å². The van der Waals surface area contributed by atoms with E-state index in [0.717, 1.165) is 19.3 Å². The monoisotopic (exact) mass is 633 g/mol. The molecule has 1 aliphatic rings. The van der Waals surface area contributed by atoms with E-state index >= 15 is 0 Å². The number of hydrogen-bond acceptors (Lipinski definition) is 11. The normalized spacial score (nSPS) is 22.1. The molecule has 1 aliphatic carbocycles. The number of likely N-dealkylation sites (N-methyl/N-ethyl adjacent to an activating group) is 1. The topological polar surface area (TPSA) is 169 Å². The average Bonchev–Trinajstić information content (AvgIpc) is 3.17. The molecule has 0 bridgehead atoms. The van der Waals surface area contributed by atoms with Gasteiger partial charge in [-0.1, -0.05) is 50.5 Å². The van der Waals surface area contributed by atoms with E-state index in [9.17, 15) is 34.1 Å². The maximum absolute atomic E-state index is 12.4. The Morgan fingerprint density at radius 2 is 1.86 bits per heavy atom. The van der Waals surface area contributed by atoms with Crippen molar-refractivity contribution in [1.82, 2.24) is 0 Å². The van der Waals surface area contributed by atoms with E-state index in [2.05, 4.69) is 6.92 Å². The van der Waals surface area contributed by atoms with Crippen LogP contribution >= 0.6 is 7.82 Å². The Kier molecular flexibility index (Phi) is 18.3. The van der Waals surface area contributed by atoms with Crippen molar-refractivity contribution in [3.05, 3.63) is 24.3 Å². The summed E-state index contributed by atoms with van der Waals surface area (Å²) >= 11 is 0. The van der Waals surface area contributed by atoms with E-state index in [4.69, 9.17) is 18.5 Å². The van der Waals surface area contributed by atoms with Crippen LogP contribution in [0.4, 0.5) is 0 Å². The first-order valence-electron chi connectivity index (χ1n) is 15.1. The number of ketones is 1. The highest BCUT2D eigenvalue weighted by Gasteiger charge is 2.39. The number of hydrogen-bond donors (Lipinski definition) is 2. The maximum atomic E-state index is 12.4. The van der Waals surface area contributed by atoms with Crippen LogP contribution in [0.1, 0.15) is 71.6 Å². The van der Waals surface area contributed by atoms with E-state index in [1.165, 1.54) is 6.92 Å². The third kappa shape index (κ3) is 18.5. The number of Topliss-reactive ketones (excluding diaryl/α,β-unsaturated/α-hetero) is 1. The molecule has 2 N–H and O–H groups in total. The van der Waals surface area contributed by atoms with Crippen molar-refractivity contribution in [3.63, 3.8) is 0 Å². The fourth-order valence-electron chi connectivity index (χ4n) is 4.42. The number of phosphoric ester groups is 1. The summed E-state index contributed by atoms with van der Waals surface area (Å²) in [6.07, 6.45) is 9.86. The smallest absolute Gasteiger partial charge is 0.306 e. The third-order valence-electron chi connectivity index (χ3n) is 6.91. The number of nitrogens with zero attached hydrogens (tertiary/aromatic N) is 1. The van der Waals surface area contributed by atoms with E-state index in [1.54, 1.807) is 12.2 Å². The highest BCUT2D eigenvalue weighted by molar-refractivity contribution is 7.45. The predicted octanol–water partition coefficient (Wildman–Crippen LogP) is 2.85. The first kappa shape index (κ1) is 39.1. The lowest BCUT2D eigenvalue weighted by atomic mass is 9.90. The number of ether oxygens (including phenoxy) is 2. The van der Waals surface area contributed by atoms with Gasteiger partial charge in [0.25, 0.3) is 7.82 Å². The number of quaternary nitrogens is 1. The first-order chi connectivity index (χ1) is 20.1. The number of esters is 2. The third-order valence-corrected chi connectivity index (χ3v) is 7.87. The molecule has 1 fully saturated rings. The zero-order chi connectivity index (χ0) is 32.5. The second-order valence-electron chi connectivity index (χ2n) is 12.0. The molecule has 43 heavy (non-hydrogen) atoms. The zero-order valence-corrected chi connectivity index (χ0v) is 27.2. The Bertz CT molecular complexity index is 962. The Balaban J connectivity index is 2.51. The minimum atomic E-state index is -4.65. The molecule has 0 spiro atoms. The lowest BCUT2D eigenvalue weighted by Gasteiger charge is -2.28. The fourth-order valence-corrected chi connectivity index (χ4v) is 5.15. The van der Waals surface area contributed by atoms with Crippen LogP contribution in [0.15, 0.2) is 24.3 Å². The Labute approximate surface area is 256 Å². The molecule has 6 atom stereocenters. The Morgan fingerprint density at radius 3 is 2.51 bits per heavy atom. The van der Waals surface area contributed by atoms with E-state index in [0.29, 0.717) is 36.7 Å². The molecule has 0 amide bonds. The summed E-state index contributed by atoms with van der Waals surface area (Å²) < 4.78 is 32.4. The molecule has 0 radical (unpaired) electrons. The van der Waals surface area contributed by atoms with Gasteiger partial charge in [-0.3, -0.25) is 18.9 Å². The van der Waals surface area contributed by atoms with E-state index in [-0.39, 0.29) is 37.8 Å². The minimum absolute atomic E-state index is 0.0295. The number of aliphatic hydroxyl groups is 2. The molecular formula is C30H52NO11P. The van der Waals surface area contributed by atoms with Gasteiger partial charge in [0.2, 0.25) is 0 Å². The maximum Gasteiger partial charge on any atom is 0.306 e. The molecule has 0 aromatic heterocycles. The van der Waals surface area contributed by atoms with Crippen LogP contribution in [0.5, 0.6) is 0 Å². The van der Waals surface area contributed by atoms with Crippen molar-refractivity contribution >= 4 is 25.5 Å². The molecule has 0 aliphatic heterocycles.